The standard InChI is InChI=1S/2C16H17N3O/c1-10-8-17-6-5-11(10)13-7-14-12(9-18-13)16(2,3)15(20)19(14)4;1-10-5-6-11(8-17-10)13-7-14-12(9-18-13)16(2,3)15(20)19(14)4/h2*5-9H,1-4H3. The lowest BCUT2D eigenvalue weighted by atomic mass is 9.87. The van der Waals surface area contributed by atoms with Crippen molar-refractivity contribution in [2.75, 3.05) is 23.9 Å². The normalized spacial score (nSPS) is 16.4. The third-order valence-corrected chi connectivity index (χ3v) is 8.02. The maximum Gasteiger partial charge on any atom is 0.236 e. The van der Waals surface area contributed by atoms with Crippen LogP contribution in [0.15, 0.2) is 61.3 Å². The lowest BCUT2D eigenvalue weighted by molar-refractivity contribution is -0.122. The zero-order valence-electron chi connectivity index (χ0n) is 24.3. The van der Waals surface area contributed by atoms with Gasteiger partial charge in [0.25, 0.3) is 0 Å². The summed E-state index contributed by atoms with van der Waals surface area (Å²) in [6.45, 7) is 11.7. The van der Waals surface area contributed by atoms with Gasteiger partial charge in [-0.05, 0) is 77.4 Å². The maximum absolute atomic E-state index is 12.3. The van der Waals surface area contributed by atoms with Crippen molar-refractivity contribution in [2.24, 2.45) is 0 Å². The van der Waals surface area contributed by atoms with Gasteiger partial charge < -0.3 is 9.80 Å². The highest BCUT2D eigenvalue weighted by atomic mass is 16.2. The van der Waals surface area contributed by atoms with Crippen molar-refractivity contribution in [3.8, 4) is 22.5 Å². The molecule has 4 aromatic heterocycles. The van der Waals surface area contributed by atoms with Gasteiger partial charge in [0.15, 0.2) is 0 Å². The molecule has 204 valence electrons. The van der Waals surface area contributed by atoms with E-state index in [0.717, 1.165) is 56.3 Å². The Morgan fingerprint density at radius 2 is 1.23 bits per heavy atom. The number of amides is 2. The molecule has 0 saturated heterocycles. The fourth-order valence-electron chi connectivity index (χ4n) is 5.38. The summed E-state index contributed by atoms with van der Waals surface area (Å²) in [5, 5.41) is 0. The molecule has 2 aliphatic rings. The predicted molar refractivity (Wildman–Crippen MR) is 157 cm³/mol. The molecule has 0 spiro atoms. The first-order valence-corrected chi connectivity index (χ1v) is 13.3. The van der Waals surface area contributed by atoms with Crippen LogP contribution in [-0.4, -0.2) is 45.8 Å². The Morgan fingerprint density at radius 1 is 0.675 bits per heavy atom. The first kappa shape index (κ1) is 27.1. The van der Waals surface area contributed by atoms with Crippen molar-refractivity contribution >= 4 is 23.2 Å². The number of aromatic nitrogens is 4. The summed E-state index contributed by atoms with van der Waals surface area (Å²) in [5.41, 5.74) is 8.63. The summed E-state index contributed by atoms with van der Waals surface area (Å²) in [6, 6.07) is 9.87. The number of pyridine rings is 4. The molecule has 40 heavy (non-hydrogen) atoms. The number of carbonyl (C=O) groups excluding carboxylic acids is 2. The molecule has 0 unspecified atom stereocenters. The highest BCUT2D eigenvalue weighted by Crippen LogP contribution is 2.42. The molecule has 0 saturated carbocycles. The molecule has 6 heterocycles. The summed E-state index contributed by atoms with van der Waals surface area (Å²) >= 11 is 0. The van der Waals surface area contributed by atoms with Crippen LogP contribution in [0.25, 0.3) is 22.5 Å². The van der Waals surface area contributed by atoms with Gasteiger partial charge in [0.2, 0.25) is 11.8 Å². The van der Waals surface area contributed by atoms with Gasteiger partial charge in [-0.1, -0.05) is 0 Å². The summed E-state index contributed by atoms with van der Waals surface area (Å²) < 4.78 is 0. The van der Waals surface area contributed by atoms with Crippen LogP contribution >= 0.6 is 0 Å². The van der Waals surface area contributed by atoms with Crippen molar-refractivity contribution in [3.63, 3.8) is 0 Å². The Morgan fingerprint density at radius 3 is 1.75 bits per heavy atom. The van der Waals surface area contributed by atoms with Crippen LogP contribution in [0.3, 0.4) is 0 Å². The van der Waals surface area contributed by atoms with E-state index in [0.29, 0.717) is 0 Å². The van der Waals surface area contributed by atoms with Crippen LogP contribution in [0.4, 0.5) is 11.4 Å². The molecule has 6 rings (SSSR count). The molecule has 0 aromatic carbocycles. The van der Waals surface area contributed by atoms with Crippen LogP contribution in [0.1, 0.15) is 50.1 Å². The van der Waals surface area contributed by atoms with Gasteiger partial charge in [-0.3, -0.25) is 29.5 Å². The Balaban J connectivity index is 0.000000161. The van der Waals surface area contributed by atoms with Crippen molar-refractivity contribution in [1.82, 2.24) is 19.9 Å². The van der Waals surface area contributed by atoms with Gasteiger partial charge in [0.05, 0.1) is 33.6 Å². The van der Waals surface area contributed by atoms with E-state index in [4.69, 9.17) is 0 Å². The lowest BCUT2D eigenvalue weighted by Crippen LogP contribution is -2.33. The number of anilines is 2. The van der Waals surface area contributed by atoms with Gasteiger partial charge in [0.1, 0.15) is 0 Å². The fraction of sp³-hybridized carbons (Fsp3) is 0.312. The number of hydrogen-bond donors (Lipinski definition) is 0. The van der Waals surface area contributed by atoms with E-state index in [-0.39, 0.29) is 11.8 Å². The van der Waals surface area contributed by atoms with Gasteiger partial charge >= 0.3 is 0 Å². The first-order valence-electron chi connectivity index (χ1n) is 13.3. The predicted octanol–water partition coefficient (Wildman–Crippen LogP) is 5.41. The van der Waals surface area contributed by atoms with Crippen LogP contribution in [0.5, 0.6) is 0 Å². The van der Waals surface area contributed by atoms with E-state index < -0.39 is 10.8 Å². The lowest BCUT2D eigenvalue weighted by Gasteiger charge is -2.15. The minimum absolute atomic E-state index is 0.105. The molecule has 0 atom stereocenters. The van der Waals surface area contributed by atoms with E-state index >= 15 is 0 Å². The zero-order valence-corrected chi connectivity index (χ0v) is 24.3. The number of rotatable bonds is 2. The van der Waals surface area contributed by atoms with E-state index in [1.165, 1.54) is 0 Å². The molecule has 4 aromatic rings. The van der Waals surface area contributed by atoms with Gasteiger partial charge in [0, 0.05) is 73.0 Å². The SMILES string of the molecule is Cc1ccc(-c2cc3c(cn2)C(C)(C)C(=O)N3C)cn1.Cc1cnccc1-c1cc2c(cn1)C(C)(C)C(=O)N2C. The first-order chi connectivity index (χ1) is 18.8. The number of nitrogens with zero attached hydrogens (tertiary/aromatic N) is 6. The number of hydrogen-bond acceptors (Lipinski definition) is 6. The van der Waals surface area contributed by atoms with Gasteiger partial charge in [-0.2, -0.15) is 0 Å². The molecule has 0 radical (unpaired) electrons. The Kier molecular flexibility index (Phi) is 6.53. The minimum Gasteiger partial charge on any atom is -0.314 e. The molecule has 0 N–H and O–H groups in total. The molecule has 8 heteroatoms. The Bertz CT molecular complexity index is 1640. The molecule has 0 aliphatic carbocycles. The average molecular weight is 535 g/mol. The summed E-state index contributed by atoms with van der Waals surface area (Å²) in [5.74, 6) is 0.214. The van der Waals surface area contributed by atoms with Crippen molar-refractivity contribution in [1.29, 1.82) is 0 Å². The third-order valence-electron chi connectivity index (χ3n) is 8.02. The van der Waals surface area contributed by atoms with E-state index in [1.54, 1.807) is 16.0 Å². The summed E-state index contributed by atoms with van der Waals surface area (Å²) in [6.07, 6.45) is 9.03. The number of carbonyl (C=O) groups is 2. The summed E-state index contributed by atoms with van der Waals surface area (Å²) in [7, 11) is 3.63. The Hall–Kier alpha value is -4.46. The topological polar surface area (TPSA) is 92.2 Å². The largest absolute Gasteiger partial charge is 0.314 e. The second kappa shape index (κ2) is 9.62. The van der Waals surface area contributed by atoms with Crippen LogP contribution in [-0.2, 0) is 20.4 Å². The summed E-state index contributed by atoms with van der Waals surface area (Å²) in [4.78, 5) is 45.4. The second-order valence-corrected chi connectivity index (χ2v) is 11.5. The van der Waals surface area contributed by atoms with Crippen molar-refractivity contribution < 1.29 is 9.59 Å². The van der Waals surface area contributed by atoms with Gasteiger partial charge in [-0.15, -0.1) is 0 Å². The number of likely N-dealkylation sites (N-methyl/N-ethyl adjacent to an activating group) is 2. The molecular formula is C32H34N6O2. The molecule has 0 fully saturated rings. The van der Waals surface area contributed by atoms with Crippen LogP contribution in [0.2, 0.25) is 0 Å². The minimum atomic E-state index is -0.499. The highest BCUT2D eigenvalue weighted by Gasteiger charge is 2.43. The third kappa shape index (κ3) is 4.33. The fourth-order valence-corrected chi connectivity index (χ4v) is 5.38. The monoisotopic (exact) mass is 534 g/mol. The van der Waals surface area contributed by atoms with Crippen LogP contribution < -0.4 is 9.80 Å². The molecule has 8 nitrogen and oxygen atoms in total. The van der Waals surface area contributed by atoms with Crippen molar-refractivity contribution in [3.05, 3.63) is 83.7 Å². The Labute approximate surface area is 235 Å². The van der Waals surface area contributed by atoms with Gasteiger partial charge in [-0.25, -0.2) is 0 Å². The van der Waals surface area contributed by atoms with E-state index in [2.05, 4.69) is 19.9 Å². The molecule has 2 amide bonds. The average Bonchev–Trinajstić information content (AvgIpc) is 3.23. The van der Waals surface area contributed by atoms with E-state index in [9.17, 15) is 9.59 Å². The highest BCUT2D eigenvalue weighted by molar-refractivity contribution is 6.08. The smallest absolute Gasteiger partial charge is 0.236 e. The molecule has 2 aliphatic heterocycles. The number of aryl methyl sites for hydroxylation is 2. The van der Waals surface area contributed by atoms with Crippen molar-refractivity contribution in [2.45, 2.75) is 52.4 Å². The second-order valence-electron chi connectivity index (χ2n) is 11.5. The molecular weight excluding hydrogens is 500 g/mol. The quantitative estimate of drug-likeness (QED) is 0.341. The molecule has 0 bridgehead atoms. The van der Waals surface area contributed by atoms with E-state index in [1.807, 2.05) is 111 Å². The van der Waals surface area contributed by atoms with Crippen LogP contribution in [0, 0.1) is 13.8 Å². The zero-order chi connectivity index (χ0) is 29.0. The maximum atomic E-state index is 12.3. The number of fused-ring (bicyclic) bond motifs is 2.